The summed E-state index contributed by atoms with van der Waals surface area (Å²) in [6.45, 7) is 9.54. The Labute approximate surface area is 195 Å². The quantitative estimate of drug-likeness (QED) is 0.605. The van der Waals surface area contributed by atoms with Gasteiger partial charge >= 0.3 is 0 Å². The van der Waals surface area contributed by atoms with E-state index in [9.17, 15) is 0 Å². The number of hydrazine groups is 1. The summed E-state index contributed by atoms with van der Waals surface area (Å²) in [5.41, 5.74) is 16.4. The highest BCUT2D eigenvalue weighted by Gasteiger charge is 2.44. The second kappa shape index (κ2) is 8.08. The molecule has 3 aromatic rings. The van der Waals surface area contributed by atoms with Gasteiger partial charge in [-0.2, -0.15) is 0 Å². The molecule has 3 atom stereocenters. The van der Waals surface area contributed by atoms with Crippen molar-refractivity contribution in [3.63, 3.8) is 0 Å². The van der Waals surface area contributed by atoms with Gasteiger partial charge in [0, 0.05) is 30.8 Å². The number of rotatable bonds is 3. The molecule has 2 N–H and O–H groups in total. The number of ether oxygens (including phenoxy) is 2. The van der Waals surface area contributed by atoms with E-state index < -0.39 is 0 Å². The molecular weight excluding hydrogens is 410 g/mol. The van der Waals surface area contributed by atoms with Crippen molar-refractivity contribution in [1.82, 2.24) is 10.9 Å². The van der Waals surface area contributed by atoms with Gasteiger partial charge in [0.15, 0.2) is 11.5 Å². The highest BCUT2D eigenvalue weighted by atomic mass is 16.6. The minimum atomic E-state index is 0.219. The van der Waals surface area contributed by atoms with Gasteiger partial charge in [-0.15, -0.1) is 0 Å². The summed E-state index contributed by atoms with van der Waals surface area (Å²) in [5, 5.41) is 0. The molecule has 0 amide bonds. The second-order valence-electron chi connectivity index (χ2n) is 9.67. The van der Waals surface area contributed by atoms with E-state index in [-0.39, 0.29) is 12.1 Å². The lowest BCUT2D eigenvalue weighted by Gasteiger charge is -2.40. The third-order valence-electron chi connectivity index (χ3n) is 7.43. The van der Waals surface area contributed by atoms with Crippen molar-refractivity contribution in [2.45, 2.75) is 39.4 Å². The van der Waals surface area contributed by atoms with Crippen molar-refractivity contribution in [2.75, 3.05) is 24.7 Å². The van der Waals surface area contributed by atoms with Crippen LogP contribution < -0.4 is 25.2 Å². The lowest BCUT2D eigenvalue weighted by Crippen LogP contribution is -2.39. The van der Waals surface area contributed by atoms with Crippen molar-refractivity contribution in [3.8, 4) is 11.5 Å². The average Bonchev–Trinajstić information content (AvgIpc) is 3.25. The van der Waals surface area contributed by atoms with Crippen molar-refractivity contribution in [1.29, 1.82) is 0 Å². The van der Waals surface area contributed by atoms with Crippen molar-refractivity contribution < 1.29 is 9.47 Å². The largest absolute Gasteiger partial charge is 0.486 e. The van der Waals surface area contributed by atoms with Crippen molar-refractivity contribution in [2.24, 2.45) is 5.92 Å². The smallest absolute Gasteiger partial charge is 0.163 e. The Hall–Kier alpha value is -3.02. The number of anilines is 1. The molecule has 3 heterocycles. The number of nitrogens with zero attached hydrogens (tertiary/aromatic N) is 1. The first-order valence-corrected chi connectivity index (χ1v) is 11.9. The number of benzene rings is 3. The summed E-state index contributed by atoms with van der Waals surface area (Å²) in [4.78, 5) is 2.52. The number of aryl methyl sites for hydroxylation is 3. The minimum Gasteiger partial charge on any atom is -0.486 e. The maximum atomic E-state index is 5.95. The lowest BCUT2D eigenvalue weighted by molar-refractivity contribution is 0.171. The van der Waals surface area contributed by atoms with Gasteiger partial charge in [0.25, 0.3) is 0 Å². The van der Waals surface area contributed by atoms with E-state index in [1.807, 2.05) is 0 Å². The fourth-order valence-corrected chi connectivity index (χ4v) is 5.43. The molecule has 1 saturated heterocycles. The van der Waals surface area contributed by atoms with Gasteiger partial charge in [-0.05, 0) is 54.7 Å². The first-order chi connectivity index (χ1) is 16.1. The molecule has 3 aliphatic rings. The normalized spacial score (nSPS) is 23.2. The van der Waals surface area contributed by atoms with Crippen LogP contribution in [-0.2, 0) is 6.54 Å². The Morgan fingerprint density at radius 3 is 2.30 bits per heavy atom. The Balaban J connectivity index is 1.40. The van der Waals surface area contributed by atoms with Gasteiger partial charge in [0.05, 0.1) is 12.1 Å². The summed E-state index contributed by atoms with van der Waals surface area (Å²) in [6.07, 6.45) is 0. The van der Waals surface area contributed by atoms with Crippen LogP contribution in [0.4, 0.5) is 5.69 Å². The van der Waals surface area contributed by atoms with Gasteiger partial charge in [-0.3, -0.25) is 0 Å². The SMILES string of the molecule is Cc1ccc(CN2CC3C(c4ccc(C)c(C)c4)NNC3c3cc4c(cc32)OCCO4)cc1. The van der Waals surface area contributed by atoms with Crippen LogP contribution in [0.1, 0.15) is 45.5 Å². The van der Waals surface area contributed by atoms with Crippen LogP contribution in [0.5, 0.6) is 11.5 Å². The minimum absolute atomic E-state index is 0.219. The van der Waals surface area contributed by atoms with Crippen LogP contribution in [-0.4, -0.2) is 19.8 Å². The zero-order chi connectivity index (χ0) is 22.5. The first-order valence-electron chi connectivity index (χ1n) is 11.9. The predicted molar refractivity (Wildman–Crippen MR) is 131 cm³/mol. The van der Waals surface area contributed by atoms with E-state index in [1.165, 1.54) is 39.1 Å². The highest BCUT2D eigenvalue weighted by Crippen LogP contribution is 2.49. The van der Waals surface area contributed by atoms with Gasteiger partial charge < -0.3 is 14.4 Å². The molecule has 6 rings (SSSR count). The van der Waals surface area contributed by atoms with E-state index in [4.69, 9.17) is 9.47 Å². The molecule has 170 valence electrons. The third-order valence-corrected chi connectivity index (χ3v) is 7.43. The standard InChI is InChI=1S/C28H31N3O2/c1-17-4-7-20(8-5-17)15-31-16-23-27(21-9-6-18(2)19(3)12-21)29-30-28(23)22-13-25-26(14-24(22)31)33-11-10-32-25/h4-9,12-14,23,27-30H,10-11,15-16H2,1-3H3. The van der Waals surface area contributed by atoms with Crippen molar-refractivity contribution >= 4 is 5.69 Å². The van der Waals surface area contributed by atoms with Crippen LogP contribution in [0.25, 0.3) is 0 Å². The number of nitrogens with one attached hydrogen (secondary N) is 2. The molecule has 5 nitrogen and oxygen atoms in total. The van der Waals surface area contributed by atoms with Gasteiger partial charge in [-0.25, -0.2) is 10.9 Å². The Bertz CT molecular complexity index is 1190. The van der Waals surface area contributed by atoms with Crippen LogP contribution in [0.2, 0.25) is 0 Å². The van der Waals surface area contributed by atoms with Crippen molar-refractivity contribution in [3.05, 3.63) is 88.0 Å². The molecule has 0 bridgehead atoms. The first kappa shape index (κ1) is 20.6. The van der Waals surface area contributed by atoms with E-state index >= 15 is 0 Å². The van der Waals surface area contributed by atoms with Gasteiger partial charge in [0.2, 0.25) is 0 Å². The number of hydrogen-bond donors (Lipinski definition) is 2. The Morgan fingerprint density at radius 1 is 0.818 bits per heavy atom. The summed E-state index contributed by atoms with van der Waals surface area (Å²) in [6, 6.07) is 20.6. The molecule has 3 aromatic carbocycles. The predicted octanol–water partition coefficient (Wildman–Crippen LogP) is 4.91. The summed E-state index contributed by atoms with van der Waals surface area (Å²) >= 11 is 0. The van der Waals surface area contributed by atoms with Crippen LogP contribution >= 0.6 is 0 Å². The molecule has 0 saturated carbocycles. The molecule has 0 aromatic heterocycles. The molecule has 0 spiro atoms. The fraction of sp³-hybridized carbons (Fsp3) is 0.357. The lowest BCUT2D eigenvalue weighted by atomic mass is 9.81. The molecule has 0 aliphatic carbocycles. The zero-order valence-corrected chi connectivity index (χ0v) is 19.5. The molecule has 3 unspecified atom stereocenters. The molecule has 1 fully saturated rings. The topological polar surface area (TPSA) is 45.8 Å². The van der Waals surface area contributed by atoms with Crippen LogP contribution in [0.15, 0.2) is 54.6 Å². The van der Waals surface area contributed by atoms with E-state index in [0.29, 0.717) is 19.1 Å². The van der Waals surface area contributed by atoms with Gasteiger partial charge in [-0.1, -0.05) is 48.0 Å². The molecule has 0 radical (unpaired) electrons. The Kier molecular flexibility index (Phi) is 5.04. The second-order valence-corrected chi connectivity index (χ2v) is 9.67. The maximum Gasteiger partial charge on any atom is 0.163 e. The summed E-state index contributed by atoms with van der Waals surface area (Å²) in [7, 11) is 0. The van der Waals surface area contributed by atoms with Crippen LogP contribution in [0.3, 0.4) is 0 Å². The number of hydrogen-bond acceptors (Lipinski definition) is 5. The molecular formula is C28H31N3O2. The zero-order valence-electron chi connectivity index (χ0n) is 19.5. The van der Waals surface area contributed by atoms with E-state index in [0.717, 1.165) is 24.6 Å². The maximum absolute atomic E-state index is 5.95. The third kappa shape index (κ3) is 3.65. The monoisotopic (exact) mass is 441 g/mol. The summed E-state index contributed by atoms with van der Waals surface area (Å²) < 4.78 is 11.9. The van der Waals surface area contributed by atoms with Crippen LogP contribution in [0, 0.1) is 26.7 Å². The molecule has 3 aliphatic heterocycles. The highest BCUT2D eigenvalue weighted by molar-refractivity contribution is 5.65. The van der Waals surface area contributed by atoms with Gasteiger partial charge in [0.1, 0.15) is 13.2 Å². The molecule has 5 heteroatoms. The van der Waals surface area contributed by atoms with E-state index in [1.54, 1.807) is 0 Å². The molecule has 33 heavy (non-hydrogen) atoms. The Morgan fingerprint density at radius 2 is 1.55 bits per heavy atom. The average molecular weight is 442 g/mol. The van der Waals surface area contributed by atoms with E-state index in [2.05, 4.69) is 91.1 Å². The summed E-state index contributed by atoms with van der Waals surface area (Å²) in [5.74, 6) is 2.10. The fourth-order valence-electron chi connectivity index (χ4n) is 5.43. The number of fused-ring (bicyclic) bond motifs is 4.